The Labute approximate surface area is 105 Å². The van der Waals surface area contributed by atoms with Crippen molar-refractivity contribution >= 4 is 11.9 Å². The number of amides is 1. The summed E-state index contributed by atoms with van der Waals surface area (Å²) in [5.74, 6) is -0.599. The highest BCUT2D eigenvalue weighted by atomic mass is 16.5. The van der Waals surface area contributed by atoms with Gasteiger partial charge in [-0.1, -0.05) is 12.1 Å². The van der Waals surface area contributed by atoms with E-state index in [1.165, 1.54) is 0 Å². The van der Waals surface area contributed by atoms with E-state index in [1.807, 2.05) is 6.92 Å². The molecule has 0 saturated heterocycles. The molecule has 1 aromatic carbocycles. The zero-order chi connectivity index (χ0) is 13.4. The summed E-state index contributed by atoms with van der Waals surface area (Å²) >= 11 is 0. The van der Waals surface area contributed by atoms with Crippen LogP contribution in [0.4, 0.5) is 0 Å². The van der Waals surface area contributed by atoms with Crippen LogP contribution in [0.2, 0.25) is 0 Å². The SMILES string of the molecule is CCOc1ccccc1OCC(=O)NCC(=O)O. The normalized spacial score (nSPS) is 9.61. The number of ether oxygens (including phenoxy) is 2. The minimum absolute atomic E-state index is 0.253. The van der Waals surface area contributed by atoms with Crippen LogP contribution in [-0.4, -0.2) is 36.7 Å². The summed E-state index contributed by atoms with van der Waals surface area (Å²) in [7, 11) is 0. The van der Waals surface area contributed by atoms with E-state index in [2.05, 4.69) is 5.32 Å². The van der Waals surface area contributed by atoms with Crippen molar-refractivity contribution < 1.29 is 24.2 Å². The molecule has 98 valence electrons. The highest BCUT2D eigenvalue weighted by molar-refractivity contribution is 5.82. The van der Waals surface area contributed by atoms with Gasteiger partial charge in [0.2, 0.25) is 0 Å². The second kappa shape index (κ2) is 7.16. The van der Waals surface area contributed by atoms with E-state index >= 15 is 0 Å². The Morgan fingerprint density at radius 1 is 1.22 bits per heavy atom. The van der Waals surface area contributed by atoms with Crippen LogP contribution < -0.4 is 14.8 Å². The van der Waals surface area contributed by atoms with Gasteiger partial charge in [-0.25, -0.2) is 0 Å². The van der Waals surface area contributed by atoms with Gasteiger partial charge in [0, 0.05) is 0 Å². The Morgan fingerprint density at radius 2 is 1.83 bits per heavy atom. The number of hydrogen-bond donors (Lipinski definition) is 2. The van der Waals surface area contributed by atoms with Gasteiger partial charge in [-0.2, -0.15) is 0 Å². The Kier molecular flexibility index (Phi) is 5.50. The molecule has 6 heteroatoms. The van der Waals surface area contributed by atoms with Gasteiger partial charge in [-0.15, -0.1) is 0 Å². The quantitative estimate of drug-likeness (QED) is 0.745. The molecule has 0 aliphatic carbocycles. The fourth-order valence-corrected chi connectivity index (χ4v) is 1.21. The van der Waals surface area contributed by atoms with Crippen LogP contribution >= 0.6 is 0 Å². The number of carboxylic acids is 1. The molecule has 0 aliphatic heterocycles. The molecule has 0 unspecified atom stereocenters. The van der Waals surface area contributed by atoms with Crippen molar-refractivity contribution in [1.29, 1.82) is 0 Å². The zero-order valence-corrected chi connectivity index (χ0v) is 10.0. The van der Waals surface area contributed by atoms with Gasteiger partial charge in [-0.05, 0) is 19.1 Å². The third-order valence-corrected chi connectivity index (χ3v) is 1.94. The highest BCUT2D eigenvalue weighted by Gasteiger charge is 2.07. The molecule has 0 fully saturated rings. The third-order valence-electron chi connectivity index (χ3n) is 1.94. The summed E-state index contributed by atoms with van der Waals surface area (Å²) in [6.45, 7) is 1.66. The number of carboxylic acid groups (broad SMARTS) is 1. The van der Waals surface area contributed by atoms with Crippen molar-refractivity contribution in [2.24, 2.45) is 0 Å². The lowest BCUT2D eigenvalue weighted by molar-refractivity contribution is -0.138. The number of carbonyl (C=O) groups is 2. The van der Waals surface area contributed by atoms with Crippen molar-refractivity contribution in [1.82, 2.24) is 5.32 Å². The number of aliphatic carboxylic acids is 1. The zero-order valence-electron chi connectivity index (χ0n) is 10.0. The number of benzene rings is 1. The lowest BCUT2D eigenvalue weighted by atomic mass is 10.3. The first kappa shape index (κ1) is 13.8. The minimum atomic E-state index is -1.10. The molecule has 0 aromatic heterocycles. The Morgan fingerprint density at radius 3 is 2.39 bits per heavy atom. The topological polar surface area (TPSA) is 84.9 Å². The largest absolute Gasteiger partial charge is 0.490 e. The van der Waals surface area contributed by atoms with Gasteiger partial charge < -0.3 is 19.9 Å². The second-order valence-corrected chi connectivity index (χ2v) is 3.34. The molecular weight excluding hydrogens is 238 g/mol. The number of para-hydroxylation sites is 2. The first-order chi connectivity index (χ1) is 8.63. The van der Waals surface area contributed by atoms with Gasteiger partial charge in [0.15, 0.2) is 18.1 Å². The van der Waals surface area contributed by atoms with E-state index in [4.69, 9.17) is 14.6 Å². The van der Waals surface area contributed by atoms with Crippen LogP contribution in [0.15, 0.2) is 24.3 Å². The molecule has 0 radical (unpaired) electrons. The van der Waals surface area contributed by atoms with Crippen molar-refractivity contribution in [3.8, 4) is 11.5 Å². The first-order valence-electron chi connectivity index (χ1n) is 5.46. The lowest BCUT2D eigenvalue weighted by Gasteiger charge is -2.11. The van der Waals surface area contributed by atoms with Gasteiger partial charge in [-0.3, -0.25) is 9.59 Å². The predicted molar refractivity (Wildman–Crippen MR) is 63.8 cm³/mol. The van der Waals surface area contributed by atoms with Crippen LogP contribution in [0.3, 0.4) is 0 Å². The maximum Gasteiger partial charge on any atom is 0.322 e. The summed E-state index contributed by atoms with van der Waals surface area (Å²) in [5, 5.41) is 10.6. The van der Waals surface area contributed by atoms with Crippen molar-refractivity contribution in [3.05, 3.63) is 24.3 Å². The molecular formula is C12H15NO5. The summed E-state index contributed by atoms with van der Waals surface area (Å²) in [4.78, 5) is 21.5. The van der Waals surface area contributed by atoms with E-state index in [1.54, 1.807) is 24.3 Å². The van der Waals surface area contributed by atoms with E-state index in [-0.39, 0.29) is 6.61 Å². The Hall–Kier alpha value is -2.24. The molecule has 1 rings (SSSR count). The maximum absolute atomic E-state index is 11.2. The van der Waals surface area contributed by atoms with E-state index in [0.717, 1.165) is 0 Å². The van der Waals surface area contributed by atoms with Gasteiger partial charge >= 0.3 is 5.97 Å². The van der Waals surface area contributed by atoms with Crippen molar-refractivity contribution in [3.63, 3.8) is 0 Å². The van der Waals surface area contributed by atoms with Crippen molar-refractivity contribution in [2.45, 2.75) is 6.92 Å². The third kappa shape index (κ3) is 4.73. The number of carbonyl (C=O) groups excluding carboxylic acids is 1. The van der Waals surface area contributed by atoms with Crippen LogP contribution in [0, 0.1) is 0 Å². The van der Waals surface area contributed by atoms with Gasteiger partial charge in [0.25, 0.3) is 5.91 Å². The Balaban J connectivity index is 2.47. The van der Waals surface area contributed by atoms with Crippen LogP contribution in [0.1, 0.15) is 6.92 Å². The van der Waals surface area contributed by atoms with E-state index in [9.17, 15) is 9.59 Å². The second-order valence-electron chi connectivity index (χ2n) is 3.34. The molecule has 1 amide bonds. The van der Waals surface area contributed by atoms with E-state index < -0.39 is 18.4 Å². The molecule has 0 heterocycles. The number of nitrogens with one attached hydrogen (secondary N) is 1. The molecule has 0 bridgehead atoms. The molecule has 0 atom stereocenters. The number of rotatable bonds is 7. The molecule has 18 heavy (non-hydrogen) atoms. The minimum Gasteiger partial charge on any atom is -0.490 e. The lowest BCUT2D eigenvalue weighted by Crippen LogP contribution is -2.33. The van der Waals surface area contributed by atoms with Crippen LogP contribution in [0.25, 0.3) is 0 Å². The summed E-state index contributed by atoms with van der Waals surface area (Å²) in [6, 6.07) is 6.96. The fraction of sp³-hybridized carbons (Fsp3) is 0.333. The van der Waals surface area contributed by atoms with Crippen LogP contribution in [0.5, 0.6) is 11.5 Å². The standard InChI is InChI=1S/C12H15NO5/c1-2-17-9-5-3-4-6-10(9)18-8-11(14)13-7-12(15)16/h3-6H,2,7-8H2,1H3,(H,13,14)(H,15,16). The monoisotopic (exact) mass is 253 g/mol. The maximum atomic E-state index is 11.2. The predicted octanol–water partition coefficient (Wildman–Crippen LogP) is 0.665. The Bertz CT molecular complexity index is 419. The molecule has 1 aromatic rings. The van der Waals surface area contributed by atoms with Gasteiger partial charge in [0.05, 0.1) is 6.61 Å². The molecule has 0 aliphatic rings. The molecule has 6 nitrogen and oxygen atoms in total. The van der Waals surface area contributed by atoms with Crippen LogP contribution in [-0.2, 0) is 9.59 Å². The summed E-state index contributed by atoms with van der Waals surface area (Å²) < 4.78 is 10.6. The smallest absolute Gasteiger partial charge is 0.322 e. The molecule has 2 N–H and O–H groups in total. The average Bonchev–Trinajstić information content (AvgIpc) is 2.35. The average molecular weight is 253 g/mol. The van der Waals surface area contributed by atoms with E-state index in [0.29, 0.717) is 18.1 Å². The summed E-state index contributed by atoms with van der Waals surface area (Å²) in [5.41, 5.74) is 0. The molecule has 0 saturated carbocycles. The molecule has 0 spiro atoms. The highest BCUT2D eigenvalue weighted by Crippen LogP contribution is 2.25. The fourth-order valence-electron chi connectivity index (χ4n) is 1.21. The number of hydrogen-bond acceptors (Lipinski definition) is 4. The summed E-state index contributed by atoms with van der Waals surface area (Å²) in [6.07, 6.45) is 0. The van der Waals surface area contributed by atoms with Crippen molar-refractivity contribution in [2.75, 3.05) is 19.8 Å². The first-order valence-corrected chi connectivity index (χ1v) is 5.46. The van der Waals surface area contributed by atoms with Gasteiger partial charge in [0.1, 0.15) is 6.54 Å².